The average Bonchev–Trinajstić information content (AvgIpc) is 2.81. The highest BCUT2D eigenvalue weighted by Crippen LogP contribution is 2.25. The molecule has 1 aromatic carbocycles. The van der Waals surface area contributed by atoms with Crippen LogP contribution in [0.3, 0.4) is 0 Å². The minimum Gasteiger partial charge on any atom is -0.211 e. The average molecular weight is 324 g/mol. The molecule has 0 unspecified atom stereocenters. The van der Waals surface area contributed by atoms with Crippen molar-refractivity contribution in [1.29, 1.82) is 0 Å². The monoisotopic (exact) mass is 323 g/mol. The molecule has 0 heterocycles. The summed E-state index contributed by atoms with van der Waals surface area (Å²) in [6.45, 7) is 0. The van der Waals surface area contributed by atoms with Gasteiger partial charge in [0.15, 0.2) is 0 Å². The first-order valence-electron chi connectivity index (χ1n) is 5.84. The largest absolute Gasteiger partial charge is 0.253 e. The van der Waals surface area contributed by atoms with Gasteiger partial charge in [-0.1, -0.05) is 30.5 Å². The second kappa shape index (κ2) is 5.40. The Morgan fingerprint density at radius 2 is 1.74 bits per heavy atom. The third kappa shape index (κ3) is 3.47. The minimum absolute atomic E-state index is 0.151. The van der Waals surface area contributed by atoms with E-state index in [4.69, 9.17) is 11.6 Å². The van der Waals surface area contributed by atoms with Crippen LogP contribution >= 0.6 is 11.6 Å². The maximum Gasteiger partial charge on any atom is 0.253 e. The Labute approximate surface area is 118 Å². The van der Waals surface area contributed by atoms with Crippen LogP contribution in [0.4, 0.5) is 0 Å². The summed E-state index contributed by atoms with van der Waals surface area (Å²) in [6.07, 6.45) is 2.62. The summed E-state index contributed by atoms with van der Waals surface area (Å²) in [4.78, 5) is -0.151. The Morgan fingerprint density at radius 1 is 1.11 bits per heavy atom. The lowest BCUT2D eigenvalue weighted by atomic mass is 10.4. The predicted molar refractivity (Wildman–Crippen MR) is 72.9 cm³/mol. The van der Waals surface area contributed by atoms with Gasteiger partial charge in [0.25, 0.3) is 10.0 Å². The fourth-order valence-corrected chi connectivity index (χ4v) is 6.00. The zero-order valence-corrected chi connectivity index (χ0v) is 12.4. The molecule has 19 heavy (non-hydrogen) atoms. The molecule has 1 fully saturated rings. The van der Waals surface area contributed by atoms with Crippen molar-refractivity contribution in [2.75, 3.05) is 0 Å². The van der Waals surface area contributed by atoms with E-state index < -0.39 is 25.3 Å². The lowest BCUT2D eigenvalue weighted by Crippen LogP contribution is -2.37. The highest BCUT2D eigenvalue weighted by molar-refractivity contribution is 8.05. The smallest absolute Gasteiger partial charge is 0.211 e. The van der Waals surface area contributed by atoms with Crippen molar-refractivity contribution in [3.05, 3.63) is 29.3 Å². The van der Waals surface area contributed by atoms with Crippen LogP contribution in [0.15, 0.2) is 29.2 Å². The molecule has 8 heteroatoms. The van der Waals surface area contributed by atoms with E-state index in [1.54, 1.807) is 4.13 Å². The first-order chi connectivity index (χ1) is 8.81. The zero-order chi connectivity index (χ0) is 14.1. The van der Waals surface area contributed by atoms with Crippen LogP contribution in [0.2, 0.25) is 5.02 Å². The molecule has 0 aromatic heterocycles. The van der Waals surface area contributed by atoms with Crippen molar-refractivity contribution in [2.45, 2.75) is 35.8 Å². The molecule has 0 amide bonds. The molecule has 0 radical (unpaired) electrons. The third-order valence-corrected chi connectivity index (χ3v) is 7.34. The molecule has 0 saturated heterocycles. The summed E-state index contributed by atoms with van der Waals surface area (Å²) in [5.41, 5.74) is 0. The van der Waals surface area contributed by atoms with Crippen LogP contribution in [0.5, 0.6) is 0 Å². The second-order valence-electron chi connectivity index (χ2n) is 4.50. The van der Waals surface area contributed by atoms with E-state index in [1.807, 2.05) is 0 Å². The number of sulfonamides is 2. The number of benzene rings is 1. The highest BCUT2D eigenvalue weighted by Gasteiger charge is 2.33. The van der Waals surface area contributed by atoms with Crippen LogP contribution in [0, 0.1) is 0 Å². The molecular formula is C11H14ClNO4S2. The van der Waals surface area contributed by atoms with Gasteiger partial charge >= 0.3 is 0 Å². The number of rotatable bonds is 4. The summed E-state index contributed by atoms with van der Waals surface area (Å²) >= 11 is 5.71. The third-order valence-electron chi connectivity index (χ3n) is 3.07. The SMILES string of the molecule is O=S(=O)(NS(=O)(=O)C1CCCC1)c1cccc(Cl)c1. The molecule has 1 aromatic rings. The van der Waals surface area contributed by atoms with Crippen molar-refractivity contribution >= 4 is 31.6 Å². The van der Waals surface area contributed by atoms with E-state index in [2.05, 4.69) is 0 Å². The van der Waals surface area contributed by atoms with Gasteiger partial charge in [0.05, 0.1) is 10.1 Å². The van der Waals surface area contributed by atoms with Crippen molar-refractivity contribution in [3.63, 3.8) is 0 Å². The Kier molecular flexibility index (Phi) is 4.20. The fraction of sp³-hybridized carbons (Fsp3) is 0.455. The van der Waals surface area contributed by atoms with E-state index in [0.29, 0.717) is 12.8 Å². The molecule has 5 nitrogen and oxygen atoms in total. The molecule has 1 aliphatic rings. The standard InChI is InChI=1S/C11H14ClNO4S2/c12-9-4-3-7-11(8-9)19(16,17)13-18(14,15)10-5-1-2-6-10/h3-4,7-8,10,13H,1-2,5-6H2. The van der Waals surface area contributed by atoms with Crippen molar-refractivity contribution in [3.8, 4) is 0 Å². The predicted octanol–water partition coefficient (Wildman–Crippen LogP) is 1.89. The zero-order valence-electron chi connectivity index (χ0n) is 10.0. The molecule has 0 aliphatic heterocycles. The van der Waals surface area contributed by atoms with E-state index in [9.17, 15) is 16.8 Å². The van der Waals surface area contributed by atoms with Crippen LogP contribution in [0.25, 0.3) is 0 Å². The van der Waals surface area contributed by atoms with Crippen LogP contribution in [0.1, 0.15) is 25.7 Å². The molecule has 0 spiro atoms. The molecule has 1 aliphatic carbocycles. The molecule has 1 N–H and O–H groups in total. The second-order valence-corrected chi connectivity index (χ2v) is 8.83. The first kappa shape index (κ1) is 14.8. The van der Waals surface area contributed by atoms with Gasteiger partial charge in [0.1, 0.15) is 0 Å². The van der Waals surface area contributed by atoms with Gasteiger partial charge in [-0.15, -0.1) is 4.13 Å². The Balaban J connectivity index is 2.26. The number of halogens is 1. The first-order valence-corrected chi connectivity index (χ1v) is 9.25. The van der Waals surface area contributed by atoms with Gasteiger partial charge in [-0.05, 0) is 31.0 Å². The molecule has 0 bridgehead atoms. The van der Waals surface area contributed by atoms with E-state index >= 15 is 0 Å². The summed E-state index contributed by atoms with van der Waals surface area (Å²) < 4.78 is 49.8. The minimum atomic E-state index is -4.10. The topological polar surface area (TPSA) is 80.3 Å². The molecular weight excluding hydrogens is 310 g/mol. The Morgan fingerprint density at radius 3 is 2.32 bits per heavy atom. The van der Waals surface area contributed by atoms with Gasteiger partial charge in [-0.3, -0.25) is 0 Å². The lowest BCUT2D eigenvalue weighted by molar-refractivity contribution is 0.566. The quantitative estimate of drug-likeness (QED) is 0.917. The van der Waals surface area contributed by atoms with Crippen LogP contribution < -0.4 is 4.13 Å². The van der Waals surface area contributed by atoms with Crippen LogP contribution in [-0.4, -0.2) is 22.1 Å². The molecule has 2 rings (SSSR count). The fourth-order valence-electron chi connectivity index (χ4n) is 2.10. The number of nitrogens with one attached hydrogen (secondary N) is 1. The van der Waals surface area contributed by atoms with E-state index in [1.165, 1.54) is 24.3 Å². The van der Waals surface area contributed by atoms with Gasteiger partial charge in [-0.2, -0.15) is 0 Å². The molecule has 106 valence electrons. The number of hydrogen-bond donors (Lipinski definition) is 1. The summed E-state index contributed by atoms with van der Waals surface area (Å²) in [7, 11) is -7.96. The number of hydrogen-bond acceptors (Lipinski definition) is 4. The summed E-state index contributed by atoms with van der Waals surface area (Å²) in [6, 6.07) is 5.50. The van der Waals surface area contributed by atoms with Crippen LogP contribution in [-0.2, 0) is 20.0 Å². The van der Waals surface area contributed by atoms with E-state index in [-0.39, 0.29) is 9.92 Å². The van der Waals surface area contributed by atoms with Gasteiger partial charge in [0, 0.05) is 5.02 Å². The highest BCUT2D eigenvalue weighted by atomic mass is 35.5. The molecule has 0 atom stereocenters. The van der Waals surface area contributed by atoms with Gasteiger partial charge < -0.3 is 0 Å². The Hall–Kier alpha value is -0.630. The maximum atomic E-state index is 12.0. The maximum absolute atomic E-state index is 12.0. The lowest BCUT2D eigenvalue weighted by Gasteiger charge is -2.12. The van der Waals surface area contributed by atoms with Crippen molar-refractivity contribution < 1.29 is 16.8 Å². The normalized spacial score (nSPS) is 17.7. The Bertz CT molecular complexity index is 664. The van der Waals surface area contributed by atoms with Crippen molar-refractivity contribution in [1.82, 2.24) is 4.13 Å². The summed E-state index contributed by atoms with van der Waals surface area (Å²) in [5.74, 6) is 0. The molecule has 1 saturated carbocycles. The van der Waals surface area contributed by atoms with Crippen molar-refractivity contribution in [2.24, 2.45) is 0 Å². The van der Waals surface area contributed by atoms with Gasteiger partial charge in [0.2, 0.25) is 10.0 Å². The van der Waals surface area contributed by atoms with E-state index in [0.717, 1.165) is 12.8 Å². The van der Waals surface area contributed by atoms with Gasteiger partial charge in [-0.25, -0.2) is 16.8 Å². The summed E-state index contributed by atoms with van der Waals surface area (Å²) in [5, 5.41) is -0.386.